The highest BCUT2D eigenvalue weighted by Gasteiger charge is 2.30. The van der Waals surface area contributed by atoms with Crippen LogP contribution in [0, 0.1) is 11.7 Å². The van der Waals surface area contributed by atoms with Gasteiger partial charge in [-0.3, -0.25) is 14.5 Å². The van der Waals surface area contributed by atoms with Gasteiger partial charge in [0.1, 0.15) is 11.9 Å². The summed E-state index contributed by atoms with van der Waals surface area (Å²) in [7, 11) is 0. The fourth-order valence-electron chi connectivity index (χ4n) is 3.45. The Morgan fingerprint density at radius 1 is 1.20 bits per heavy atom. The summed E-state index contributed by atoms with van der Waals surface area (Å²) >= 11 is 0. The molecule has 6 nitrogen and oxygen atoms in total. The van der Waals surface area contributed by atoms with Crippen LogP contribution in [-0.4, -0.2) is 66.1 Å². The van der Waals surface area contributed by atoms with Crippen molar-refractivity contribution in [2.75, 3.05) is 39.3 Å². The molecule has 2 fully saturated rings. The summed E-state index contributed by atoms with van der Waals surface area (Å²) in [6.45, 7) is 2.80. The van der Waals surface area contributed by atoms with E-state index in [0.29, 0.717) is 32.7 Å². The van der Waals surface area contributed by atoms with E-state index >= 15 is 0 Å². The highest BCUT2D eigenvalue weighted by Crippen LogP contribution is 2.23. The number of carboxylic acids is 1. The molecule has 3 rings (SSSR count). The van der Waals surface area contributed by atoms with Crippen molar-refractivity contribution < 1.29 is 23.8 Å². The predicted molar refractivity (Wildman–Crippen MR) is 88.5 cm³/mol. The summed E-state index contributed by atoms with van der Waals surface area (Å²) in [5.74, 6) is -1.50. The van der Waals surface area contributed by atoms with Gasteiger partial charge in [-0.05, 0) is 37.1 Å². The molecule has 2 aliphatic rings. The van der Waals surface area contributed by atoms with Gasteiger partial charge in [-0.1, -0.05) is 12.1 Å². The van der Waals surface area contributed by atoms with Crippen molar-refractivity contribution in [3.05, 3.63) is 35.6 Å². The van der Waals surface area contributed by atoms with Gasteiger partial charge in [0.15, 0.2) is 0 Å². The SMILES string of the molecule is O=C(O)C1CCCN(CC(=O)N2CCOC(c3ccc(F)cc3)C2)C1. The number of halogens is 1. The Hall–Kier alpha value is -1.99. The van der Waals surface area contributed by atoms with Crippen LogP contribution in [0.3, 0.4) is 0 Å². The maximum atomic E-state index is 13.1. The number of hydrogen-bond acceptors (Lipinski definition) is 4. The van der Waals surface area contributed by atoms with Gasteiger partial charge in [0.05, 0.1) is 25.6 Å². The van der Waals surface area contributed by atoms with Crippen LogP contribution in [-0.2, 0) is 14.3 Å². The molecule has 1 N–H and O–H groups in total. The van der Waals surface area contributed by atoms with Crippen molar-refractivity contribution in [1.82, 2.24) is 9.80 Å². The molecule has 136 valence electrons. The van der Waals surface area contributed by atoms with E-state index in [0.717, 1.165) is 18.5 Å². The fraction of sp³-hybridized carbons (Fsp3) is 0.556. The van der Waals surface area contributed by atoms with E-state index in [2.05, 4.69) is 0 Å². The van der Waals surface area contributed by atoms with Gasteiger partial charge in [0.2, 0.25) is 5.91 Å². The molecule has 0 bridgehead atoms. The van der Waals surface area contributed by atoms with E-state index in [1.54, 1.807) is 17.0 Å². The molecule has 2 saturated heterocycles. The van der Waals surface area contributed by atoms with Crippen LogP contribution in [0.5, 0.6) is 0 Å². The topological polar surface area (TPSA) is 70.1 Å². The van der Waals surface area contributed by atoms with E-state index in [-0.39, 0.29) is 24.4 Å². The molecule has 0 saturated carbocycles. The maximum absolute atomic E-state index is 13.1. The van der Waals surface area contributed by atoms with Crippen molar-refractivity contribution in [3.8, 4) is 0 Å². The number of carbonyl (C=O) groups is 2. The number of hydrogen-bond donors (Lipinski definition) is 1. The van der Waals surface area contributed by atoms with E-state index in [1.165, 1.54) is 12.1 Å². The third kappa shape index (κ3) is 4.55. The molecule has 2 aliphatic heterocycles. The fourth-order valence-corrected chi connectivity index (χ4v) is 3.45. The Bertz CT molecular complexity index is 622. The first-order valence-electron chi connectivity index (χ1n) is 8.63. The molecule has 7 heteroatoms. The number of piperidine rings is 1. The number of likely N-dealkylation sites (tertiary alicyclic amines) is 1. The number of carbonyl (C=O) groups excluding carboxylic acids is 1. The van der Waals surface area contributed by atoms with Crippen LogP contribution in [0.25, 0.3) is 0 Å². The summed E-state index contributed by atoms with van der Waals surface area (Å²) in [6.07, 6.45) is 1.21. The van der Waals surface area contributed by atoms with Crippen molar-refractivity contribution in [2.24, 2.45) is 5.92 Å². The second kappa shape index (κ2) is 7.93. The average molecular weight is 350 g/mol. The molecule has 1 amide bonds. The van der Waals surface area contributed by atoms with Gasteiger partial charge in [-0.15, -0.1) is 0 Å². The van der Waals surface area contributed by atoms with Crippen LogP contribution in [0.1, 0.15) is 24.5 Å². The molecule has 0 spiro atoms. The smallest absolute Gasteiger partial charge is 0.307 e. The number of ether oxygens (including phenoxy) is 1. The lowest BCUT2D eigenvalue weighted by Gasteiger charge is -2.36. The first-order chi connectivity index (χ1) is 12.0. The lowest BCUT2D eigenvalue weighted by Crippen LogP contribution is -2.49. The minimum atomic E-state index is -0.792. The average Bonchev–Trinajstić information content (AvgIpc) is 2.62. The maximum Gasteiger partial charge on any atom is 0.307 e. The van der Waals surface area contributed by atoms with Gasteiger partial charge >= 0.3 is 5.97 Å². The van der Waals surface area contributed by atoms with Gasteiger partial charge < -0.3 is 14.7 Å². The predicted octanol–water partition coefficient (Wildman–Crippen LogP) is 1.52. The lowest BCUT2D eigenvalue weighted by atomic mass is 9.98. The third-order valence-corrected chi connectivity index (χ3v) is 4.87. The van der Waals surface area contributed by atoms with E-state index in [4.69, 9.17) is 9.84 Å². The first kappa shape index (κ1) is 17.8. The van der Waals surface area contributed by atoms with Crippen molar-refractivity contribution in [1.29, 1.82) is 0 Å². The normalized spacial score (nSPS) is 24.9. The summed E-state index contributed by atoms with van der Waals surface area (Å²) in [6, 6.07) is 6.13. The Morgan fingerprint density at radius 2 is 1.96 bits per heavy atom. The van der Waals surface area contributed by atoms with Crippen LogP contribution in [0.2, 0.25) is 0 Å². The first-order valence-corrected chi connectivity index (χ1v) is 8.63. The quantitative estimate of drug-likeness (QED) is 0.892. The van der Waals surface area contributed by atoms with Crippen LogP contribution in [0.15, 0.2) is 24.3 Å². The van der Waals surface area contributed by atoms with E-state index in [9.17, 15) is 14.0 Å². The standard InChI is InChI=1S/C18H23FN2O4/c19-15-5-3-13(4-6-15)16-11-21(8-9-25-16)17(22)12-20-7-1-2-14(10-20)18(23)24/h3-6,14,16H,1-2,7-12H2,(H,23,24). The molecule has 2 heterocycles. The number of carboxylic acid groups (broad SMARTS) is 1. The molecule has 0 aliphatic carbocycles. The van der Waals surface area contributed by atoms with Gasteiger partial charge in [-0.25, -0.2) is 4.39 Å². The molecule has 25 heavy (non-hydrogen) atoms. The summed E-state index contributed by atoms with van der Waals surface area (Å²) in [5, 5.41) is 9.15. The zero-order valence-corrected chi connectivity index (χ0v) is 14.1. The highest BCUT2D eigenvalue weighted by atomic mass is 19.1. The van der Waals surface area contributed by atoms with Crippen LogP contribution in [0.4, 0.5) is 4.39 Å². The van der Waals surface area contributed by atoms with E-state index < -0.39 is 11.9 Å². The number of morpholine rings is 1. The highest BCUT2D eigenvalue weighted by molar-refractivity contribution is 5.78. The summed E-state index contributed by atoms with van der Waals surface area (Å²) < 4.78 is 18.8. The number of benzene rings is 1. The van der Waals surface area contributed by atoms with Crippen LogP contribution >= 0.6 is 0 Å². The molecule has 2 atom stereocenters. The molecule has 1 aromatic carbocycles. The van der Waals surface area contributed by atoms with Crippen molar-refractivity contribution in [2.45, 2.75) is 18.9 Å². The second-order valence-corrected chi connectivity index (χ2v) is 6.66. The number of nitrogens with zero attached hydrogens (tertiary/aromatic N) is 2. The Kier molecular flexibility index (Phi) is 5.65. The zero-order valence-electron chi connectivity index (χ0n) is 14.1. The molecule has 0 aromatic heterocycles. The van der Waals surface area contributed by atoms with Gasteiger partial charge in [0.25, 0.3) is 0 Å². The Labute approximate surface area is 146 Å². The second-order valence-electron chi connectivity index (χ2n) is 6.66. The molecular formula is C18H23FN2O4. The van der Waals surface area contributed by atoms with E-state index in [1.807, 2.05) is 4.90 Å². The largest absolute Gasteiger partial charge is 0.481 e. The minimum absolute atomic E-state index is 0.0125. The zero-order chi connectivity index (χ0) is 17.8. The minimum Gasteiger partial charge on any atom is -0.481 e. The molecule has 2 unspecified atom stereocenters. The van der Waals surface area contributed by atoms with Gasteiger partial charge in [0, 0.05) is 13.1 Å². The number of rotatable bonds is 4. The molecular weight excluding hydrogens is 327 g/mol. The molecule has 0 radical (unpaired) electrons. The third-order valence-electron chi connectivity index (χ3n) is 4.87. The number of amides is 1. The van der Waals surface area contributed by atoms with Crippen LogP contribution < -0.4 is 0 Å². The van der Waals surface area contributed by atoms with Gasteiger partial charge in [-0.2, -0.15) is 0 Å². The molecule has 1 aromatic rings. The van der Waals surface area contributed by atoms with Crippen molar-refractivity contribution >= 4 is 11.9 Å². The summed E-state index contributed by atoms with van der Waals surface area (Å²) in [5.41, 5.74) is 0.850. The number of aliphatic carboxylic acids is 1. The monoisotopic (exact) mass is 350 g/mol. The Morgan fingerprint density at radius 3 is 2.68 bits per heavy atom. The summed E-state index contributed by atoms with van der Waals surface area (Å²) in [4.78, 5) is 27.4. The van der Waals surface area contributed by atoms with Crippen molar-refractivity contribution in [3.63, 3.8) is 0 Å². The Balaban J connectivity index is 1.56. The lowest BCUT2D eigenvalue weighted by molar-refractivity contribution is -0.146.